The van der Waals surface area contributed by atoms with Gasteiger partial charge in [-0.15, -0.1) is 0 Å². The Morgan fingerprint density at radius 2 is 0.797 bits per heavy atom. The summed E-state index contributed by atoms with van der Waals surface area (Å²) in [6, 6.07) is 65.7. The molecular formula is C72H64N2. The van der Waals surface area contributed by atoms with E-state index < -0.39 is 0 Å². The number of hydrogen-bond acceptors (Lipinski definition) is 2. The molecule has 0 saturated heterocycles. The van der Waals surface area contributed by atoms with Crippen LogP contribution in [0.5, 0.6) is 0 Å². The van der Waals surface area contributed by atoms with E-state index in [2.05, 4.69) is 270 Å². The summed E-state index contributed by atoms with van der Waals surface area (Å²) in [6.45, 7) is 25.6. The molecule has 0 aromatic heterocycles. The van der Waals surface area contributed by atoms with E-state index in [9.17, 15) is 0 Å². The molecule has 9 aromatic rings. The first-order valence-electron chi connectivity index (χ1n) is 25.8. The zero-order valence-electron chi connectivity index (χ0n) is 43.2. The summed E-state index contributed by atoms with van der Waals surface area (Å²) in [4.78, 5) is 4.54. The highest BCUT2D eigenvalue weighted by molar-refractivity contribution is 6.12. The van der Waals surface area contributed by atoms with Gasteiger partial charge in [-0.3, -0.25) is 0 Å². The number of para-hydroxylation sites is 2. The van der Waals surface area contributed by atoms with Gasteiger partial charge in [-0.25, -0.2) is 0 Å². The standard InChI is InChI=1S/C72H64N2/c1-9-27-55(13-5)73(57-31-19-17-20-32-57)59-47-45-54(46-48-59)72-64(30-12-4)63(16-8)71(67-37-25-26-38-68(67)72)52-41-39-51(40-42-52)69-61(14-6)62(15-7)70(66-36-24-23-35-65(66)69)53-43-49-60(50-44-53)74(56(28-10-2)29-11-3)58-33-21-18-22-34-58/h9-10,13-50H,1,5-7,11-12H2,2-4,8H3/b28-10-,55-27+,56-29+,63-16+,64-30+. The van der Waals surface area contributed by atoms with Gasteiger partial charge >= 0.3 is 0 Å². The Kier molecular flexibility index (Phi) is 15.6. The van der Waals surface area contributed by atoms with Crippen LogP contribution in [0.25, 0.3) is 90.4 Å². The molecule has 0 amide bonds. The molecular weight excluding hydrogens is 893 g/mol. The third kappa shape index (κ3) is 9.59. The van der Waals surface area contributed by atoms with Crippen LogP contribution >= 0.6 is 0 Å². The number of anilines is 4. The second kappa shape index (κ2) is 23.1. The zero-order chi connectivity index (χ0) is 51.6. The summed E-state index contributed by atoms with van der Waals surface area (Å²) in [6.07, 6.45) is 22.7. The third-order valence-corrected chi connectivity index (χ3v) is 13.8. The molecule has 0 bridgehead atoms. The van der Waals surface area contributed by atoms with Crippen molar-refractivity contribution in [3.8, 4) is 44.5 Å². The first-order valence-corrected chi connectivity index (χ1v) is 25.8. The van der Waals surface area contributed by atoms with E-state index in [0.717, 1.165) is 91.5 Å². The maximum absolute atomic E-state index is 4.43. The maximum Gasteiger partial charge on any atom is 0.0462 e. The monoisotopic (exact) mass is 957 g/mol. The highest BCUT2D eigenvalue weighted by Gasteiger charge is 2.22. The van der Waals surface area contributed by atoms with Gasteiger partial charge < -0.3 is 9.80 Å². The first-order chi connectivity index (χ1) is 36.4. The maximum atomic E-state index is 4.43. The van der Waals surface area contributed by atoms with Crippen LogP contribution in [0.1, 0.15) is 51.7 Å². The fraction of sp³-hybridized carbons (Fsp3) is 0.0833. The van der Waals surface area contributed by atoms with Gasteiger partial charge in [0.05, 0.1) is 0 Å². The zero-order valence-corrected chi connectivity index (χ0v) is 43.2. The number of fused-ring (bicyclic) bond motifs is 2. The molecule has 362 valence electrons. The minimum absolute atomic E-state index is 0.891. The Bertz CT molecular complexity index is 3740. The average molecular weight is 957 g/mol. The molecule has 0 N–H and O–H groups in total. The van der Waals surface area contributed by atoms with Gasteiger partial charge in [-0.1, -0.05) is 216 Å². The van der Waals surface area contributed by atoms with Crippen molar-refractivity contribution in [2.45, 2.75) is 40.5 Å². The molecule has 0 saturated carbocycles. The summed E-state index contributed by atoms with van der Waals surface area (Å²) in [7, 11) is 0. The first kappa shape index (κ1) is 50.0. The molecule has 74 heavy (non-hydrogen) atoms. The van der Waals surface area contributed by atoms with Crippen molar-refractivity contribution in [2.75, 3.05) is 9.80 Å². The lowest BCUT2D eigenvalue weighted by molar-refractivity contribution is 1.13. The second-order valence-corrected chi connectivity index (χ2v) is 18.1. The van der Waals surface area contributed by atoms with Crippen LogP contribution in [0.4, 0.5) is 22.7 Å². The van der Waals surface area contributed by atoms with Crippen LogP contribution in [-0.2, 0) is 0 Å². The van der Waals surface area contributed by atoms with Crippen LogP contribution in [0.3, 0.4) is 0 Å². The van der Waals surface area contributed by atoms with E-state index in [-0.39, 0.29) is 0 Å². The molecule has 2 nitrogen and oxygen atoms in total. The molecule has 9 rings (SSSR count). The van der Waals surface area contributed by atoms with Crippen LogP contribution < -0.4 is 20.2 Å². The Hall–Kier alpha value is -8.98. The van der Waals surface area contributed by atoms with Crippen molar-refractivity contribution in [1.82, 2.24) is 0 Å². The van der Waals surface area contributed by atoms with Crippen molar-refractivity contribution < 1.29 is 0 Å². The SMILES string of the molecule is C=C/C=C(\C=C)N(c1ccccc1)c1ccc(-c2c(=C/CC)/c(=C\C)c(-c3ccc(-c4c(C=C)c(C=C)c(-c5ccc(N(C(/C=C\C)=C/CC)c6ccccc6)cc5)c5ccccc45)cc3)c3ccccc23)cc1. The molecule has 2 heteroatoms. The summed E-state index contributed by atoms with van der Waals surface area (Å²) >= 11 is 0. The van der Waals surface area contributed by atoms with E-state index in [1.807, 2.05) is 36.4 Å². The van der Waals surface area contributed by atoms with E-state index >= 15 is 0 Å². The Balaban J connectivity index is 1.15. The summed E-state index contributed by atoms with van der Waals surface area (Å²) < 4.78 is 0. The molecule has 0 atom stereocenters. The lowest BCUT2D eigenvalue weighted by Gasteiger charge is -2.27. The molecule has 0 aliphatic heterocycles. The Morgan fingerprint density at radius 3 is 1.18 bits per heavy atom. The molecule has 0 fully saturated rings. The minimum Gasteiger partial charge on any atom is -0.311 e. The lowest BCUT2D eigenvalue weighted by atomic mass is 9.83. The van der Waals surface area contributed by atoms with Crippen LogP contribution in [0.2, 0.25) is 0 Å². The largest absolute Gasteiger partial charge is 0.311 e. The van der Waals surface area contributed by atoms with Gasteiger partial charge in [0.25, 0.3) is 0 Å². The Morgan fingerprint density at radius 1 is 0.419 bits per heavy atom. The fourth-order valence-electron chi connectivity index (χ4n) is 10.7. The number of hydrogen-bond donors (Lipinski definition) is 0. The number of benzene rings is 9. The highest BCUT2D eigenvalue weighted by Crippen LogP contribution is 2.45. The summed E-state index contributed by atoms with van der Waals surface area (Å²) in [5, 5.41) is 7.22. The summed E-state index contributed by atoms with van der Waals surface area (Å²) in [5.41, 5.74) is 17.8. The van der Waals surface area contributed by atoms with Gasteiger partial charge in [-0.05, 0) is 181 Å². The normalized spacial score (nSPS) is 12.4. The van der Waals surface area contributed by atoms with Crippen molar-refractivity contribution in [1.29, 1.82) is 0 Å². The van der Waals surface area contributed by atoms with E-state index in [1.54, 1.807) is 0 Å². The smallest absolute Gasteiger partial charge is 0.0462 e. The lowest BCUT2D eigenvalue weighted by Crippen LogP contribution is -2.29. The van der Waals surface area contributed by atoms with Gasteiger partial charge in [0, 0.05) is 34.1 Å². The summed E-state index contributed by atoms with van der Waals surface area (Å²) in [5.74, 6) is 0. The molecule has 9 aromatic carbocycles. The Labute approximate surface area is 438 Å². The van der Waals surface area contributed by atoms with E-state index in [4.69, 9.17) is 0 Å². The number of allylic oxidation sites excluding steroid dienone is 6. The predicted octanol–water partition coefficient (Wildman–Crippen LogP) is 19.3. The van der Waals surface area contributed by atoms with Crippen molar-refractivity contribution in [3.63, 3.8) is 0 Å². The predicted molar refractivity (Wildman–Crippen MR) is 326 cm³/mol. The topological polar surface area (TPSA) is 6.48 Å². The average Bonchev–Trinajstić information content (AvgIpc) is 3.46. The van der Waals surface area contributed by atoms with E-state index in [0.29, 0.717) is 0 Å². The van der Waals surface area contributed by atoms with Crippen molar-refractivity contribution >= 4 is 68.6 Å². The molecule has 0 unspecified atom stereocenters. The molecule has 0 spiro atoms. The minimum atomic E-state index is 0.891. The van der Waals surface area contributed by atoms with Gasteiger partial charge in [0.2, 0.25) is 0 Å². The van der Waals surface area contributed by atoms with Crippen LogP contribution in [0.15, 0.2) is 256 Å². The highest BCUT2D eigenvalue weighted by atomic mass is 15.2. The van der Waals surface area contributed by atoms with Crippen molar-refractivity contribution in [3.05, 3.63) is 278 Å². The molecule has 0 radical (unpaired) electrons. The quantitative estimate of drug-likeness (QED) is 0.0839. The van der Waals surface area contributed by atoms with Gasteiger partial charge in [0.15, 0.2) is 0 Å². The number of rotatable bonds is 17. The fourth-order valence-corrected chi connectivity index (χ4v) is 10.7. The molecule has 0 heterocycles. The van der Waals surface area contributed by atoms with Crippen LogP contribution in [-0.4, -0.2) is 0 Å². The van der Waals surface area contributed by atoms with Crippen molar-refractivity contribution in [2.24, 2.45) is 0 Å². The van der Waals surface area contributed by atoms with Crippen LogP contribution in [0, 0.1) is 0 Å². The molecule has 0 aliphatic carbocycles. The molecule has 0 aliphatic rings. The third-order valence-electron chi connectivity index (χ3n) is 13.8. The van der Waals surface area contributed by atoms with E-state index in [1.165, 1.54) is 43.1 Å². The number of nitrogens with zero attached hydrogens (tertiary/aromatic N) is 2. The van der Waals surface area contributed by atoms with Gasteiger partial charge in [0.1, 0.15) is 0 Å². The second-order valence-electron chi connectivity index (χ2n) is 18.1. The van der Waals surface area contributed by atoms with Gasteiger partial charge in [-0.2, -0.15) is 0 Å².